The summed E-state index contributed by atoms with van der Waals surface area (Å²) in [4.78, 5) is 30.6. The minimum Gasteiger partial charge on any atom is -0.351 e. The Hall–Kier alpha value is -2.72. The van der Waals surface area contributed by atoms with E-state index >= 15 is 0 Å². The maximum absolute atomic E-state index is 12.4. The molecule has 2 rings (SSSR count). The molecule has 0 unspecified atom stereocenters. The summed E-state index contributed by atoms with van der Waals surface area (Å²) in [5.74, 6) is -0.136. The number of nitrogens with zero attached hydrogens (tertiary/aromatic N) is 3. The first kappa shape index (κ1) is 18.6. The van der Waals surface area contributed by atoms with Gasteiger partial charge in [0.2, 0.25) is 5.91 Å². The summed E-state index contributed by atoms with van der Waals surface area (Å²) in [7, 11) is 0. The van der Waals surface area contributed by atoms with Gasteiger partial charge in [0.05, 0.1) is 17.4 Å². The Morgan fingerprint density at radius 3 is 2.88 bits per heavy atom. The van der Waals surface area contributed by atoms with Crippen LogP contribution in [0, 0.1) is 11.3 Å². The number of nitriles is 1. The SMILES string of the molecule is N#CCCN(Cc1cccnc1)C(=O)CCCNC(=O)c1cccs1. The molecule has 0 aliphatic carbocycles. The molecule has 2 amide bonds. The van der Waals surface area contributed by atoms with Crippen molar-refractivity contribution in [3.05, 3.63) is 52.5 Å². The maximum Gasteiger partial charge on any atom is 0.261 e. The Morgan fingerprint density at radius 2 is 2.20 bits per heavy atom. The number of carbonyl (C=O) groups excluding carboxylic acids is 2. The number of nitrogens with one attached hydrogen (secondary N) is 1. The number of amides is 2. The average molecular weight is 356 g/mol. The summed E-state index contributed by atoms with van der Waals surface area (Å²) in [5, 5.41) is 13.4. The van der Waals surface area contributed by atoms with Gasteiger partial charge in [-0.25, -0.2) is 0 Å². The third kappa shape index (κ3) is 6.36. The lowest BCUT2D eigenvalue weighted by molar-refractivity contribution is -0.131. The zero-order chi connectivity index (χ0) is 17.9. The molecule has 2 aromatic heterocycles. The molecule has 0 aromatic carbocycles. The van der Waals surface area contributed by atoms with Crippen molar-refractivity contribution in [3.8, 4) is 6.07 Å². The van der Waals surface area contributed by atoms with Crippen LogP contribution in [0.15, 0.2) is 42.0 Å². The Balaban J connectivity index is 1.78. The van der Waals surface area contributed by atoms with Gasteiger partial charge in [-0.05, 0) is 29.5 Å². The molecule has 0 fully saturated rings. The molecule has 2 aromatic rings. The van der Waals surface area contributed by atoms with Crippen LogP contribution in [-0.2, 0) is 11.3 Å². The van der Waals surface area contributed by atoms with Crippen LogP contribution >= 0.6 is 11.3 Å². The van der Waals surface area contributed by atoms with Crippen LogP contribution < -0.4 is 5.32 Å². The quantitative estimate of drug-likeness (QED) is 0.700. The van der Waals surface area contributed by atoms with E-state index in [0.717, 1.165) is 5.56 Å². The number of thiophene rings is 1. The molecule has 1 N–H and O–H groups in total. The summed E-state index contributed by atoms with van der Waals surface area (Å²) in [6, 6.07) is 9.39. The van der Waals surface area contributed by atoms with Crippen LogP contribution in [0.25, 0.3) is 0 Å². The fourth-order valence-electron chi connectivity index (χ4n) is 2.28. The largest absolute Gasteiger partial charge is 0.351 e. The second kappa shape index (κ2) is 10.2. The highest BCUT2D eigenvalue weighted by Crippen LogP contribution is 2.09. The van der Waals surface area contributed by atoms with Gasteiger partial charge in [-0.15, -0.1) is 11.3 Å². The lowest BCUT2D eigenvalue weighted by Gasteiger charge is -2.21. The third-order valence-electron chi connectivity index (χ3n) is 3.54. The van der Waals surface area contributed by atoms with Crippen molar-refractivity contribution in [2.75, 3.05) is 13.1 Å². The standard InChI is InChI=1S/C18H20N4O2S/c19-8-4-11-22(14-15-5-1-9-20-13-15)17(23)7-2-10-21-18(24)16-6-3-12-25-16/h1,3,5-6,9,12-13H,2,4,7,10-11,14H2,(H,21,24). The molecule has 25 heavy (non-hydrogen) atoms. The fraction of sp³-hybridized carbons (Fsp3) is 0.333. The first-order chi connectivity index (χ1) is 12.2. The third-order valence-corrected chi connectivity index (χ3v) is 4.41. The van der Waals surface area contributed by atoms with Crippen molar-refractivity contribution in [2.45, 2.75) is 25.8 Å². The molecule has 0 aliphatic heterocycles. The zero-order valence-corrected chi connectivity index (χ0v) is 14.7. The van der Waals surface area contributed by atoms with E-state index in [9.17, 15) is 9.59 Å². The lowest BCUT2D eigenvalue weighted by atomic mass is 10.2. The van der Waals surface area contributed by atoms with Crippen molar-refractivity contribution in [1.82, 2.24) is 15.2 Å². The van der Waals surface area contributed by atoms with Crippen molar-refractivity contribution in [3.63, 3.8) is 0 Å². The first-order valence-corrected chi connectivity index (χ1v) is 8.94. The van der Waals surface area contributed by atoms with Gasteiger partial charge in [-0.1, -0.05) is 12.1 Å². The number of carbonyl (C=O) groups is 2. The van der Waals surface area contributed by atoms with Crippen molar-refractivity contribution < 1.29 is 9.59 Å². The highest BCUT2D eigenvalue weighted by molar-refractivity contribution is 7.12. The van der Waals surface area contributed by atoms with E-state index in [-0.39, 0.29) is 11.8 Å². The summed E-state index contributed by atoms with van der Waals surface area (Å²) >= 11 is 1.39. The summed E-state index contributed by atoms with van der Waals surface area (Å²) in [6.45, 7) is 1.28. The first-order valence-electron chi connectivity index (χ1n) is 8.06. The summed E-state index contributed by atoms with van der Waals surface area (Å²) in [6.07, 6.45) is 4.58. The van der Waals surface area contributed by atoms with Gasteiger partial charge in [-0.2, -0.15) is 5.26 Å². The van der Waals surface area contributed by atoms with Crippen LogP contribution in [0.2, 0.25) is 0 Å². The molecule has 0 radical (unpaired) electrons. The highest BCUT2D eigenvalue weighted by Gasteiger charge is 2.14. The van der Waals surface area contributed by atoms with Crippen LogP contribution in [0.5, 0.6) is 0 Å². The van der Waals surface area contributed by atoms with Gasteiger partial charge >= 0.3 is 0 Å². The number of aromatic nitrogens is 1. The predicted molar refractivity (Wildman–Crippen MR) is 95.8 cm³/mol. The van der Waals surface area contributed by atoms with Crippen molar-refractivity contribution in [2.24, 2.45) is 0 Å². The molecular weight excluding hydrogens is 336 g/mol. The van der Waals surface area contributed by atoms with Gasteiger partial charge in [0.15, 0.2) is 0 Å². The number of hydrogen-bond donors (Lipinski definition) is 1. The van der Waals surface area contributed by atoms with Gasteiger partial charge in [0.1, 0.15) is 0 Å². The number of rotatable bonds is 9. The van der Waals surface area contributed by atoms with Gasteiger partial charge < -0.3 is 10.2 Å². The molecule has 130 valence electrons. The molecular formula is C18H20N4O2S. The minimum atomic E-state index is -0.112. The monoisotopic (exact) mass is 356 g/mol. The van der Waals surface area contributed by atoms with E-state index in [4.69, 9.17) is 5.26 Å². The smallest absolute Gasteiger partial charge is 0.261 e. The molecule has 7 heteroatoms. The Labute approximate surface area is 151 Å². The molecule has 0 bridgehead atoms. The van der Waals surface area contributed by atoms with Gasteiger partial charge in [0, 0.05) is 38.4 Å². The van der Waals surface area contributed by atoms with Crippen LogP contribution in [0.1, 0.15) is 34.5 Å². The Kier molecular flexibility index (Phi) is 7.60. The van der Waals surface area contributed by atoms with Crippen LogP contribution in [-0.4, -0.2) is 34.8 Å². The molecule has 0 saturated heterocycles. The van der Waals surface area contributed by atoms with Gasteiger partial charge in [-0.3, -0.25) is 14.6 Å². The van der Waals surface area contributed by atoms with Crippen LogP contribution in [0.3, 0.4) is 0 Å². The van der Waals surface area contributed by atoms with E-state index < -0.39 is 0 Å². The predicted octanol–water partition coefficient (Wildman–Crippen LogP) is 2.60. The summed E-state index contributed by atoms with van der Waals surface area (Å²) < 4.78 is 0. The second-order valence-electron chi connectivity index (χ2n) is 5.42. The van der Waals surface area contributed by atoms with E-state index in [1.54, 1.807) is 23.4 Å². The van der Waals surface area contributed by atoms with E-state index in [2.05, 4.69) is 16.4 Å². The molecule has 0 aliphatic rings. The highest BCUT2D eigenvalue weighted by atomic mass is 32.1. The average Bonchev–Trinajstić information content (AvgIpc) is 3.17. The number of pyridine rings is 1. The second-order valence-corrected chi connectivity index (χ2v) is 6.37. The maximum atomic E-state index is 12.4. The van der Waals surface area contributed by atoms with Crippen molar-refractivity contribution >= 4 is 23.2 Å². The summed E-state index contributed by atoms with van der Waals surface area (Å²) in [5.41, 5.74) is 0.930. The van der Waals surface area contributed by atoms with E-state index in [0.29, 0.717) is 43.8 Å². The van der Waals surface area contributed by atoms with E-state index in [1.807, 2.05) is 23.6 Å². The topological polar surface area (TPSA) is 86.1 Å². The Morgan fingerprint density at radius 1 is 1.32 bits per heavy atom. The van der Waals surface area contributed by atoms with Crippen molar-refractivity contribution in [1.29, 1.82) is 5.26 Å². The zero-order valence-electron chi connectivity index (χ0n) is 13.9. The number of hydrogen-bond acceptors (Lipinski definition) is 5. The normalized spacial score (nSPS) is 10.0. The Bertz CT molecular complexity index is 710. The fourth-order valence-corrected chi connectivity index (χ4v) is 2.92. The molecule has 0 saturated carbocycles. The lowest BCUT2D eigenvalue weighted by Crippen LogP contribution is -2.32. The molecule has 2 heterocycles. The molecule has 0 atom stereocenters. The van der Waals surface area contributed by atoms with Crippen LogP contribution in [0.4, 0.5) is 0 Å². The minimum absolute atomic E-state index is 0.0236. The van der Waals surface area contributed by atoms with Gasteiger partial charge in [0.25, 0.3) is 5.91 Å². The van der Waals surface area contributed by atoms with E-state index in [1.165, 1.54) is 11.3 Å². The molecule has 6 nitrogen and oxygen atoms in total. The molecule has 0 spiro atoms.